The minimum atomic E-state index is -0.00527. The number of Topliss-reactive ketones (excluding diaryl/α,β-unsaturated/α-hetero) is 1. The van der Waals surface area contributed by atoms with Gasteiger partial charge in [-0.3, -0.25) is 9.59 Å². The number of amides is 1. The number of nitrogens with one attached hydrogen (secondary N) is 1. The van der Waals surface area contributed by atoms with Crippen LogP contribution in [0.25, 0.3) is 0 Å². The average molecular weight is 251 g/mol. The Balaban J connectivity index is 1.70. The average Bonchev–Trinajstić information content (AvgIpc) is 3.02. The van der Waals surface area contributed by atoms with Crippen LogP contribution in [0.2, 0.25) is 0 Å². The Kier molecular flexibility index (Phi) is 3.94. The number of rotatable bonds is 6. The molecule has 1 heterocycles. The SMILES string of the molecule is CC(NC(=O)CCC(=O)c1cccs1)C1CC1. The zero-order chi connectivity index (χ0) is 12.3. The van der Waals surface area contributed by atoms with Crippen LogP contribution in [0, 0.1) is 5.92 Å². The number of ketones is 1. The van der Waals surface area contributed by atoms with Crippen molar-refractivity contribution in [2.75, 3.05) is 0 Å². The molecule has 1 N–H and O–H groups in total. The van der Waals surface area contributed by atoms with E-state index < -0.39 is 0 Å². The van der Waals surface area contributed by atoms with Gasteiger partial charge in [0.15, 0.2) is 5.78 Å². The predicted molar refractivity (Wildman–Crippen MR) is 68.2 cm³/mol. The third kappa shape index (κ3) is 3.66. The van der Waals surface area contributed by atoms with E-state index in [4.69, 9.17) is 0 Å². The molecule has 1 unspecified atom stereocenters. The standard InChI is InChI=1S/C13H17NO2S/c1-9(10-4-5-10)14-13(16)7-6-11(15)12-3-2-8-17-12/h2-3,8-10H,4-7H2,1H3,(H,14,16). The topological polar surface area (TPSA) is 46.2 Å². The van der Waals surface area contributed by atoms with Gasteiger partial charge in [0.25, 0.3) is 0 Å². The molecule has 4 heteroatoms. The molecule has 17 heavy (non-hydrogen) atoms. The summed E-state index contributed by atoms with van der Waals surface area (Å²) in [5.41, 5.74) is 0. The summed E-state index contributed by atoms with van der Waals surface area (Å²) in [6, 6.07) is 3.92. The van der Waals surface area contributed by atoms with Crippen LogP contribution in [0.3, 0.4) is 0 Å². The maximum absolute atomic E-state index is 11.7. The molecule has 2 rings (SSSR count). The van der Waals surface area contributed by atoms with Crippen LogP contribution in [0.15, 0.2) is 17.5 Å². The monoisotopic (exact) mass is 251 g/mol. The van der Waals surface area contributed by atoms with Crippen molar-refractivity contribution in [3.05, 3.63) is 22.4 Å². The van der Waals surface area contributed by atoms with E-state index >= 15 is 0 Å². The van der Waals surface area contributed by atoms with Gasteiger partial charge in [0.05, 0.1) is 4.88 Å². The van der Waals surface area contributed by atoms with Gasteiger partial charge in [-0.15, -0.1) is 11.3 Å². The highest BCUT2D eigenvalue weighted by Gasteiger charge is 2.28. The van der Waals surface area contributed by atoms with E-state index in [1.165, 1.54) is 24.2 Å². The van der Waals surface area contributed by atoms with Crippen LogP contribution in [-0.2, 0) is 4.79 Å². The van der Waals surface area contributed by atoms with Crippen LogP contribution >= 0.6 is 11.3 Å². The van der Waals surface area contributed by atoms with Gasteiger partial charge in [-0.1, -0.05) is 6.07 Å². The molecule has 0 saturated heterocycles. The van der Waals surface area contributed by atoms with E-state index in [2.05, 4.69) is 5.32 Å². The molecule has 92 valence electrons. The summed E-state index contributed by atoms with van der Waals surface area (Å²) < 4.78 is 0. The van der Waals surface area contributed by atoms with Crippen molar-refractivity contribution < 1.29 is 9.59 Å². The van der Waals surface area contributed by atoms with Gasteiger partial charge in [-0.05, 0) is 37.1 Å². The molecule has 0 aromatic carbocycles. The molecule has 1 amide bonds. The maximum Gasteiger partial charge on any atom is 0.220 e. The van der Waals surface area contributed by atoms with Gasteiger partial charge in [0.1, 0.15) is 0 Å². The second-order valence-electron chi connectivity index (χ2n) is 4.59. The van der Waals surface area contributed by atoms with Crippen molar-refractivity contribution >= 4 is 23.0 Å². The third-order valence-corrected chi connectivity index (χ3v) is 4.00. The van der Waals surface area contributed by atoms with Gasteiger partial charge in [-0.2, -0.15) is 0 Å². The van der Waals surface area contributed by atoms with Gasteiger partial charge < -0.3 is 5.32 Å². The summed E-state index contributed by atoms with van der Waals surface area (Å²) in [5.74, 6) is 0.718. The Morgan fingerprint density at radius 1 is 1.47 bits per heavy atom. The van der Waals surface area contributed by atoms with Crippen LogP contribution in [0.5, 0.6) is 0 Å². The highest BCUT2D eigenvalue weighted by molar-refractivity contribution is 7.12. The van der Waals surface area contributed by atoms with Crippen molar-refractivity contribution in [1.29, 1.82) is 0 Å². The lowest BCUT2D eigenvalue weighted by Gasteiger charge is -2.12. The van der Waals surface area contributed by atoms with E-state index in [1.807, 2.05) is 18.4 Å². The number of hydrogen-bond acceptors (Lipinski definition) is 3. The smallest absolute Gasteiger partial charge is 0.220 e. The number of thiophene rings is 1. The first-order valence-electron chi connectivity index (χ1n) is 6.03. The van der Waals surface area contributed by atoms with Crippen molar-refractivity contribution in [2.45, 2.75) is 38.6 Å². The summed E-state index contributed by atoms with van der Waals surface area (Å²) in [6.45, 7) is 2.04. The molecular formula is C13H17NO2S. The van der Waals surface area contributed by atoms with E-state index in [-0.39, 0.29) is 17.7 Å². The Morgan fingerprint density at radius 2 is 2.24 bits per heavy atom. The molecule has 0 radical (unpaired) electrons. The first kappa shape index (κ1) is 12.3. The number of carbonyl (C=O) groups excluding carboxylic acids is 2. The van der Waals surface area contributed by atoms with Crippen LogP contribution in [0.1, 0.15) is 42.3 Å². The van der Waals surface area contributed by atoms with Gasteiger partial charge in [-0.25, -0.2) is 0 Å². The summed E-state index contributed by atoms with van der Waals surface area (Å²) in [7, 11) is 0. The lowest BCUT2D eigenvalue weighted by molar-refractivity contribution is -0.121. The molecule has 0 bridgehead atoms. The molecule has 3 nitrogen and oxygen atoms in total. The molecule has 1 saturated carbocycles. The fraction of sp³-hybridized carbons (Fsp3) is 0.538. The zero-order valence-electron chi connectivity index (χ0n) is 9.94. The maximum atomic E-state index is 11.7. The number of hydrogen-bond donors (Lipinski definition) is 1. The van der Waals surface area contributed by atoms with Gasteiger partial charge >= 0.3 is 0 Å². The van der Waals surface area contributed by atoms with Gasteiger partial charge in [0.2, 0.25) is 5.91 Å². The molecule has 0 aliphatic heterocycles. The Morgan fingerprint density at radius 3 is 2.82 bits per heavy atom. The fourth-order valence-electron chi connectivity index (χ4n) is 1.83. The third-order valence-electron chi connectivity index (χ3n) is 3.09. The zero-order valence-corrected chi connectivity index (χ0v) is 10.8. The Bertz CT molecular complexity index is 396. The molecule has 1 aliphatic rings. The highest BCUT2D eigenvalue weighted by atomic mass is 32.1. The second-order valence-corrected chi connectivity index (χ2v) is 5.54. The second kappa shape index (κ2) is 5.45. The normalized spacial score (nSPS) is 16.5. The highest BCUT2D eigenvalue weighted by Crippen LogP contribution is 2.32. The van der Waals surface area contributed by atoms with Crippen molar-refractivity contribution in [1.82, 2.24) is 5.32 Å². The summed E-state index contributed by atoms with van der Waals surface area (Å²) in [4.78, 5) is 24.0. The molecule has 0 spiro atoms. The Hall–Kier alpha value is -1.16. The first-order valence-corrected chi connectivity index (χ1v) is 6.91. The van der Waals surface area contributed by atoms with Crippen LogP contribution in [0.4, 0.5) is 0 Å². The molecule has 1 atom stereocenters. The summed E-state index contributed by atoms with van der Waals surface area (Å²) >= 11 is 1.43. The molecule has 1 fully saturated rings. The Labute approximate surface area is 105 Å². The summed E-state index contributed by atoms with van der Waals surface area (Å²) in [6.07, 6.45) is 3.04. The summed E-state index contributed by atoms with van der Waals surface area (Å²) in [5, 5.41) is 4.83. The molecule has 1 aliphatic carbocycles. The first-order chi connectivity index (χ1) is 8.16. The molecule has 1 aromatic heterocycles. The fourth-order valence-corrected chi connectivity index (χ4v) is 2.52. The van der Waals surface area contributed by atoms with E-state index in [0.717, 1.165) is 4.88 Å². The molecular weight excluding hydrogens is 234 g/mol. The van der Waals surface area contributed by atoms with Crippen molar-refractivity contribution in [3.63, 3.8) is 0 Å². The van der Waals surface area contributed by atoms with Gasteiger partial charge in [0, 0.05) is 18.9 Å². The van der Waals surface area contributed by atoms with E-state index in [9.17, 15) is 9.59 Å². The lowest BCUT2D eigenvalue weighted by Crippen LogP contribution is -2.34. The molecule has 1 aromatic rings. The van der Waals surface area contributed by atoms with Crippen molar-refractivity contribution in [2.24, 2.45) is 5.92 Å². The predicted octanol–water partition coefficient (Wildman–Crippen LogP) is 2.63. The van der Waals surface area contributed by atoms with E-state index in [0.29, 0.717) is 18.8 Å². The minimum Gasteiger partial charge on any atom is -0.353 e. The minimum absolute atomic E-state index is 0.00527. The van der Waals surface area contributed by atoms with Crippen LogP contribution < -0.4 is 5.32 Å². The lowest BCUT2D eigenvalue weighted by atomic mass is 10.1. The van der Waals surface area contributed by atoms with E-state index in [1.54, 1.807) is 6.07 Å². The van der Waals surface area contributed by atoms with Crippen LogP contribution in [-0.4, -0.2) is 17.7 Å². The number of carbonyl (C=O) groups is 2. The quantitative estimate of drug-likeness (QED) is 0.790. The largest absolute Gasteiger partial charge is 0.353 e. The van der Waals surface area contributed by atoms with Crippen molar-refractivity contribution in [3.8, 4) is 0 Å².